The zero-order valence-electron chi connectivity index (χ0n) is 10.1. The maximum absolute atomic E-state index is 11.2. The molecule has 88 valence electrons. The van der Waals surface area contributed by atoms with E-state index in [0.717, 1.165) is 5.56 Å². The Bertz CT molecular complexity index is 350. The van der Waals surface area contributed by atoms with Crippen LogP contribution in [0.2, 0.25) is 0 Å². The molecule has 0 aliphatic carbocycles. The molecule has 0 saturated carbocycles. The van der Waals surface area contributed by atoms with Crippen LogP contribution in [-0.4, -0.2) is 19.6 Å². The molecular formula is C13H19NO2. The molecule has 1 N–H and O–H groups in total. The highest BCUT2D eigenvalue weighted by atomic mass is 16.5. The number of benzene rings is 1. The van der Waals surface area contributed by atoms with Crippen LogP contribution in [0.1, 0.15) is 30.6 Å². The van der Waals surface area contributed by atoms with E-state index in [2.05, 4.69) is 5.32 Å². The van der Waals surface area contributed by atoms with Crippen molar-refractivity contribution >= 4 is 5.91 Å². The summed E-state index contributed by atoms with van der Waals surface area (Å²) in [5.41, 5.74) is 2.31. The van der Waals surface area contributed by atoms with Gasteiger partial charge in [0.05, 0.1) is 6.10 Å². The summed E-state index contributed by atoms with van der Waals surface area (Å²) >= 11 is 0. The van der Waals surface area contributed by atoms with Crippen molar-refractivity contribution in [1.29, 1.82) is 0 Å². The Hall–Kier alpha value is -1.35. The Labute approximate surface area is 96.8 Å². The van der Waals surface area contributed by atoms with Crippen LogP contribution in [0.4, 0.5) is 0 Å². The van der Waals surface area contributed by atoms with E-state index in [0.29, 0.717) is 13.0 Å². The second-order valence-electron chi connectivity index (χ2n) is 3.74. The first-order valence-electron chi connectivity index (χ1n) is 5.54. The quantitative estimate of drug-likeness (QED) is 0.827. The highest BCUT2D eigenvalue weighted by Gasteiger charge is 2.12. The fourth-order valence-electron chi connectivity index (χ4n) is 1.60. The number of ether oxygens (including phenoxy) is 1. The van der Waals surface area contributed by atoms with Gasteiger partial charge in [0, 0.05) is 20.1 Å². The van der Waals surface area contributed by atoms with Gasteiger partial charge in [0.25, 0.3) is 0 Å². The number of carbonyl (C=O) groups is 1. The van der Waals surface area contributed by atoms with Gasteiger partial charge in [0.15, 0.2) is 0 Å². The number of amides is 1. The molecule has 3 heteroatoms. The first-order valence-corrected chi connectivity index (χ1v) is 5.54. The molecule has 16 heavy (non-hydrogen) atoms. The van der Waals surface area contributed by atoms with E-state index in [1.807, 2.05) is 38.1 Å². The Morgan fingerprint density at radius 3 is 2.69 bits per heavy atom. The topological polar surface area (TPSA) is 38.3 Å². The number of hydrogen-bond donors (Lipinski definition) is 1. The van der Waals surface area contributed by atoms with Crippen LogP contribution < -0.4 is 5.32 Å². The fraction of sp³-hybridized carbons (Fsp3) is 0.462. The van der Waals surface area contributed by atoms with Crippen molar-refractivity contribution in [3.63, 3.8) is 0 Å². The molecule has 0 radical (unpaired) electrons. The molecule has 1 amide bonds. The lowest BCUT2D eigenvalue weighted by Gasteiger charge is -2.18. The molecule has 1 atom stereocenters. The lowest BCUT2D eigenvalue weighted by molar-refractivity contribution is -0.121. The van der Waals surface area contributed by atoms with E-state index in [1.54, 1.807) is 7.11 Å². The largest absolute Gasteiger partial charge is 0.375 e. The Morgan fingerprint density at radius 1 is 1.44 bits per heavy atom. The number of aryl methyl sites for hydroxylation is 1. The van der Waals surface area contributed by atoms with Gasteiger partial charge >= 0.3 is 0 Å². The monoisotopic (exact) mass is 221 g/mol. The third kappa shape index (κ3) is 3.35. The smallest absolute Gasteiger partial charge is 0.219 e. The molecular weight excluding hydrogens is 202 g/mol. The van der Waals surface area contributed by atoms with Gasteiger partial charge in [0.2, 0.25) is 5.91 Å². The molecule has 1 aromatic carbocycles. The van der Waals surface area contributed by atoms with Crippen molar-refractivity contribution in [3.05, 3.63) is 35.4 Å². The summed E-state index contributed by atoms with van der Waals surface area (Å²) in [6.07, 6.45) is 0.432. The Balaban J connectivity index is 2.68. The van der Waals surface area contributed by atoms with Crippen molar-refractivity contribution in [2.24, 2.45) is 0 Å². The molecule has 3 nitrogen and oxygen atoms in total. The zero-order chi connectivity index (χ0) is 12.0. The molecule has 1 aromatic rings. The van der Waals surface area contributed by atoms with Crippen LogP contribution in [0.15, 0.2) is 24.3 Å². The molecule has 0 aliphatic rings. The van der Waals surface area contributed by atoms with Gasteiger partial charge in [-0.2, -0.15) is 0 Å². The van der Waals surface area contributed by atoms with Gasteiger partial charge in [-0.1, -0.05) is 31.2 Å². The highest BCUT2D eigenvalue weighted by molar-refractivity contribution is 5.75. The van der Waals surface area contributed by atoms with Crippen LogP contribution in [0.5, 0.6) is 0 Å². The van der Waals surface area contributed by atoms with Crippen LogP contribution in [0.25, 0.3) is 0 Å². The normalized spacial score (nSPS) is 12.2. The maximum atomic E-state index is 11.2. The molecule has 0 saturated heterocycles. The molecule has 1 rings (SSSR count). The molecule has 0 aliphatic heterocycles. The molecule has 0 aromatic heterocycles. The summed E-state index contributed by atoms with van der Waals surface area (Å²) in [6.45, 7) is 4.40. The third-order valence-corrected chi connectivity index (χ3v) is 2.63. The van der Waals surface area contributed by atoms with Crippen LogP contribution in [0, 0.1) is 6.92 Å². The Kier molecular flexibility index (Phi) is 4.99. The van der Waals surface area contributed by atoms with Crippen LogP contribution in [0.3, 0.4) is 0 Å². The number of nitrogens with one attached hydrogen (secondary N) is 1. The number of rotatable bonds is 5. The SMILES string of the molecule is CCC(=O)NC[C@H](OC)c1ccccc1C. The predicted octanol–water partition coefficient (Wildman–Crippen LogP) is 2.21. The third-order valence-electron chi connectivity index (χ3n) is 2.63. The van der Waals surface area contributed by atoms with E-state index >= 15 is 0 Å². The van der Waals surface area contributed by atoms with Crippen LogP contribution in [-0.2, 0) is 9.53 Å². The van der Waals surface area contributed by atoms with Gasteiger partial charge in [0.1, 0.15) is 0 Å². The summed E-state index contributed by atoms with van der Waals surface area (Å²) in [5.74, 6) is 0.0515. The van der Waals surface area contributed by atoms with Crippen molar-refractivity contribution in [3.8, 4) is 0 Å². The summed E-state index contributed by atoms with van der Waals surface area (Å²) in [6, 6.07) is 8.05. The average Bonchev–Trinajstić information content (AvgIpc) is 2.31. The molecule has 0 spiro atoms. The summed E-state index contributed by atoms with van der Waals surface area (Å²) < 4.78 is 5.40. The minimum Gasteiger partial charge on any atom is -0.375 e. The zero-order valence-corrected chi connectivity index (χ0v) is 10.1. The van der Waals surface area contributed by atoms with Crippen molar-refractivity contribution in [2.45, 2.75) is 26.4 Å². The molecule has 0 heterocycles. The van der Waals surface area contributed by atoms with Gasteiger partial charge in [-0.05, 0) is 18.1 Å². The number of methoxy groups -OCH3 is 1. The van der Waals surface area contributed by atoms with E-state index in [-0.39, 0.29) is 12.0 Å². The second-order valence-corrected chi connectivity index (χ2v) is 3.74. The van der Waals surface area contributed by atoms with Crippen molar-refractivity contribution in [2.75, 3.05) is 13.7 Å². The second kappa shape index (κ2) is 6.28. The van der Waals surface area contributed by atoms with E-state index in [9.17, 15) is 4.79 Å². The Morgan fingerprint density at radius 2 is 2.12 bits per heavy atom. The molecule has 0 bridgehead atoms. The molecule has 0 fully saturated rings. The van der Waals surface area contributed by atoms with E-state index in [1.165, 1.54) is 5.56 Å². The first kappa shape index (κ1) is 12.7. The van der Waals surface area contributed by atoms with Gasteiger partial charge in [-0.15, -0.1) is 0 Å². The maximum Gasteiger partial charge on any atom is 0.219 e. The highest BCUT2D eigenvalue weighted by Crippen LogP contribution is 2.19. The minimum atomic E-state index is -0.0725. The summed E-state index contributed by atoms with van der Waals surface area (Å²) in [7, 11) is 1.66. The van der Waals surface area contributed by atoms with Crippen molar-refractivity contribution < 1.29 is 9.53 Å². The lowest BCUT2D eigenvalue weighted by Crippen LogP contribution is -2.28. The first-order chi connectivity index (χ1) is 7.69. The fourth-order valence-corrected chi connectivity index (χ4v) is 1.60. The predicted molar refractivity (Wildman–Crippen MR) is 64.2 cm³/mol. The lowest BCUT2D eigenvalue weighted by atomic mass is 10.0. The minimum absolute atomic E-state index is 0.0515. The number of hydrogen-bond acceptors (Lipinski definition) is 2. The summed E-state index contributed by atoms with van der Waals surface area (Å²) in [5, 5.41) is 2.85. The van der Waals surface area contributed by atoms with Gasteiger partial charge in [-0.25, -0.2) is 0 Å². The van der Waals surface area contributed by atoms with E-state index in [4.69, 9.17) is 4.74 Å². The van der Waals surface area contributed by atoms with E-state index < -0.39 is 0 Å². The molecule has 0 unspecified atom stereocenters. The van der Waals surface area contributed by atoms with Gasteiger partial charge < -0.3 is 10.1 Å². The van der Waals surface area contributed by atoms with Gasteiger partial charge in [-0.3, -0.25) is 4.79 Å². The van der Waals surface area contributed by atoms with Crippen LogP contribution >= 0.6 is 0 Å². The standard InChI is InChI=1S/C13H19NO2/c1-4-13(15)14-9-12(16-3)11-8-6-5-7-10(11)2/h5-8,12H,4,9H2,1-3H3,(H,14,15)/t12-/m0/s1. The number of carbonyl (C=O) groups excluding carboxylic acids is 1. The average molecular weight is 221 g/mol. The van der Waals surface area contributed by atoms with Crippen molar-refractivity contribution in [1.82, 2.24) is 5.32 Å². The summed E-state index contributed by atoms with van der Waals surface area (Å²) in [4.78, 5) is 11.2.